The lowest BCUT2D eigenvalue weighted by molar-refractivity contribution is 0.462. The minimum absolute atomic E-state index is 0.268. The number of fused-ring (bicyclic) bond motifs is 1. The zero-order valence-corrected chi connectivity index (χ0v) is 16.5. The summed E-state index contributed by atoms with van der Waals surface area (Å²) in [6.45, 7) is 1.92. The Hall–Kier alpha value is -2.86. The van der Waals surface area contributed by atoms with Crippen molar-refractivity contribution in [3.05, 3.63) is 48.2 Å². The Balaban J connectivity index is 1.41. The molecule has 1 saturated carbocycles. The number of phenolic OH excluding ortho intramolecular Hbond substituents is 1. The third-order valence-electron chi connectivity index (χ3n) is 6.25. The number of nitrogens with one attached hydrogen (secondary N) is 1. The zero-order valence-electron chi connectivity index (χ0n) is 16.5. The molecule has 0 radical (unpaired) electrons. The van der Waals surface area contributed by atoms with Gasteiger partial charge >= 0.3 is 0 Å². The Morgan fingerprint density at radius 1 is 1.03 bits per heavy atom. The third kappa shape index (κ3) is 3.60. The largest absolute Gasteiger partial charge is 0.508 e. The highest BCUT2D eigenvalue weighted by Crippen LogP contribution is 2.41. The molecule has 2 aliphatic rings. The smallest absolute Gasteiger partial charge is 0.227 e. The SMILES string of the molecule is NC1CCN(c2ccc(Nc3ncc4ccc(O)c(C5CCCC5)c4n3)cc2)C1. The zero-order chi connectivity index (χ0) is 19.8. The number of rotatable bonds is 4. The summed E-state index contributed by atoms with van der Waals surface area (Å²) < 4.78 is 0. The maximum atomic E-state index is 10.5. The van der Waals surface area contributed by atoms with Crippen molar-refractivity contribution in [2.24, 2.45) is 5.73 Å². The maximum absolute atomic E-state index is 10.5. The van der Waals surface area contributed by atoms with Crippen LogP contribution in [0.1, 0.15) is 43.6 Å². The van der Waals surface area contributed by atoms with Crippen molar-refractivity contribution in [1.29, 1.82) is 0 Å². The van der Waals surface area contributed by atoms with E-state index >= 15 is 0 Å². The number of hydrogen-bond donors (Lipinski definition) is 3. The van der Waals surface area contributed by atoms with Crippen molar-refractivity contribution < 1.29 is 5.11 Å². The van der Waals surface area contributed by atoms with E-state index in [4.69, 9.17) is 10.7 Å². The summed E-state index contributed by atoms with van der Waals surface area (Å²) in [4.78, 5) is 11.6. The Morgan fingerprint density at radius 2 is 1.83 bits per heavy atom. The number of nitrogens with zero attached hydrogens (tertiary/aromatic N) is 3. The molecule has 6 heteroatoms. The van der Waals surface area contributed by atoms with Gasteiger partial charge in [-0.15, -0.1) is 0 Å². The lowest BCUT2D eigenvalue weighted by Crippen LogP contribution is -2.26. The summed E-state index contributed by atoms with van der Waals surface area (Å²) in [6.07, 6.45) is 7.53. The molecule has 1 aliphatic carbocycles. The number of nitrogens with two attached hydrogens (primary N) is 1. The molecule has 1 aliphatic heterocycles. The second-order valence-electron chi connectivity index (χ2n) is 8.28. The molecule has 0 bridgehead atoms. The minimum Gasteiger partial charge on any atom is -0.508 e. The number of aromatic nitrogens is 2. The fraction of sp³-hybridized carbons (Fsp3) is 0.391. The van der Waals surface area contributed by atoms with Gasteiger partial charge in [0.05, 0.1) is 5.52 Å². The van der Waals surface area contributed by atoms with E-state index in [1.54, 1.807) is 6.07 Å². The van der Waals surface area contributed by atoms with Crippen molar-refractivity contribution in [1.82, 2.24) is 9.97 Å². The molecule has 4 N–H and O–H groups in total. The van der Waals surface area contributed by atoms with Crippen LogP contribution in [-0.4, -0.2) is 34.2 Å². The number of benzene rings is 2. The molecular formula is C23H27N5O. The standard InChI is InChI=1S/C23H27N5O/c24-17-11-12-28(14-17)19-8-6-18(7-9-19)26-23-25-13-16-5-10-20(29)21(22(16)27-23)15-3-1-2-4-15/h5-10,13,15,17,29H,1-4,11-12,14,24H2,(H,25,26,27). The predicted octanol–water partition coefficient (Wildman–Crippen LogP) is 4.27. The molecule has 1 saturated heterocycles. The molecule has 5 rings (SSSR count). The third-order valence-corrected chi connectivity index (χ3v) is 6.25. The average molecular weight is 390 g/mol. The van der Waals surface area contributed by atoms with Crippen LogP contribution in [0.25, 0.3) is 10.9 Å². The second-order valence-corrected chi connectivity index (χ2v) is 8.28. The highest BCUT2D eigenvalue weighted by molar-refractivity contribution is 5.85. The fourth-order valence-electron chi connectivity index (χ4n) is 4.69. The molecule has 1 aromatic heterocycles. The van der Waals surface area contributed by atoms with Gasteiger partial charge in [0.25, 0.3) is 0 Å². The summed E-state index contributed by atoms with van der Waals surface area (Å²) in [5.74, 6) is 1.29. The lowest BCUT2D eigenvalue weighted by Gasteiger charge is -2.18. The van der Waals surface area contributed by atoms with Crippen LogP contribution < -0.4 is 16.0 Å². The molecule has 2 fully saturated rings. The second kappa shape index (κ2) is 7.52. The monoisotopic (exact) mass is 389 g/mol. The quantitative estimate of drug-likeness (QED) is 0.618. The Morgan fingerprint density at radius 3 is 2.55 bits per heavy atom. The van der Waals surface area contributed by atoms with Crippen LogP contribution in [0, 0.1) is 0 Å². The molecule has 6 nitrogen and oxygen atoms in total. The molecule has 150 valence electrons. The van der Waals surface area contributed by atoms with Crippen molar-refractivity contribution in [3.63, 3.8) is 0 Å². The molecule has 1 atom stereocenters. The van der Waals surface area contributed by atoms with E-state index in [1.165, 1.54) is 18.5 Å². The van der Waals surface area contributed by atoms with Gasteiger partial charge in [0.2, 0.25) is 5.95 Å². The van der Waals surface area contributed by atoms with Gasteiger partial charge in [-0.25, -0.2) is 9.97 Å². The van der Waals surface area contributed by atoms with Gasteiger partial charge in [-0.1, -0.05) is 12.8 Å². The summed E-state index contributed by atoms with van der Waals surface area (Å²) in [7, 11) is 0. The Bertz CT molecular complexity index is 1010. The van der Waals surface area contributed by atoms with Gasteiger partial charge in [0, 0.05) is 47.7 Å². The molecule has 0 amide bonds. The lowest BCUT2D eigenvalue weighted by atomic mass is 9.94. The van der Waals surface area contributed by atoms with Crippen LogP contribution in [0.4, 0.5) is 17.3 Å². The van der Waals surface area contributed by atoms with Gasteiger partial charge < -0.3 is 21.1 Å². The predicted molar refractivity (Wildman–Crippen MR) is 117 cm³/mol. The van der Waals surface area contributed by atoms with Crippen molar-refractivity contribution in [2.45, 2.75) is 44.1 Å². The van der Waals surface area contributed by atoms with Gasteiger partial charge in [-0.3, -0.25) is 0 Å². The number of anilines is 3. The van der Waals surface area contributed by atoms with E-state index in [2.05, 4.69) is 27.3 Å². The van der Waals surface area contributed by atoms with Crippen LogP contribution >= 0.6 is 0 Å². The first-order valence-corrected chi connectivity index (χ1v) is 10.5. The Kier molecular flexibility index (Phi) is 4.72. The van der Waals surface area contributed by atoms with Gasteiger partial charge in [-0.2, -0.15) is 0 Å². The molecule has 2 aromatic carbocycles. The summed E-state index contributed by atoms with van der Waals surface area (Å²) in [5, 5.41) is 14.8. The number of aromatic hydroxyl groups is 1. The maximum Gasteiger partial charge on any atom is 0.227 e. The van der Waals surface area contributed by atoms with Crippen LogP contribution in [-0.2, 0) is 0 Å². The summed E-state index contributed by atoms with van der Waals surface area (Å²) in [6, 6.07) is 12.2. The van der Waals surface area contributed by atoms with Gasteiger partial charge in [-0.05, 0) is 61.6 Å². The van der Waals surface area contributed by atoms with Crippen LogP contribution in [0.2, 0.25) is 0 Å². The van der Waals surface area contributed by atoms with E-state index in [0.29, 0.717) is 17.6 Å². The first-order chi connectivity index (χ1) is 14.2. The average Bonchev–Trinajstić information content (AvgIpc) is 3.40. The molecule has 2 heterocycles. The van der Waals surface area contributed by atoms with E-state index in [9.17, 15) is 5.11 Å². The summed E-state index contributed by atoms with van der Waals surface area (Å²) in [5.41, 5.74) is 9.99. The van der Waals surface area contributed by atoms with E-state index in [1.807, 2.05) is 24.4 Å². The van der Waals surface area contributed by atoms with E-state index in [-0.39, 0.29) is 6.04 Å². The van der Waals surface area contributed by atoms with Gasteiger partial charge in [0.1, 0.15) is 5.75 Å². The van der Waals surface area contributed by atoms with Crippen LogP contribution in [0.5, 0.6) is 5.75 Å². The normalized spacial score (nSPS) is 19.9. The number of hydrogen-bond acceptors (Lipinski definition) is 6. The Labute approximate surface area is 170 Å². The fourth-order valence-corrected chi connectivity index (χ4v) is 4.69. The molecule has 29 heavy (non-hydrogen) atoms. The number of phenols is 1. The van der Waals surface area contributed by atoms with Crippen LogP contribution in [0.15, 0.2) is 42.6 Å². The topological polar surface area (TPSA) is 87.3 Å². The minimum atomic E-state index is 0.268. The van der Waals surface area contributed by atoms with Gasteiger partial charge in [0.15, 0.2) is 0 Å². The van der Waals surface area contributed by atoms with Crippen molar-refractivity contribution in [2.75, 3.05) is 23.3 Å². The molecular weight excluding hydrogens is 362 g/mol. The van der Waals surface area contributed by atoms with Crippen molar-refractivity contribution >= 4 is 28.2 Å². The van der Waals surface area contributed by atoms with E-state index < -0.39 is 0 Å². The van der Waals surface area contributed by atoms with Crippen LogP contribution in [0.3, 0.4) is 0 Å². The first-order valence-electron chi connectivity index (χ1n) is 10.5. The van der Waals surface area contributed by atoms with Crippen molar-refractivity contribution in [3.8, 4) is 5.75 Å². The first kappa shape index (κ1) is 18.2. The highest BCUT2D eigenvalue weighted by Gasteiger charge is 2.23. The van der Waals surface area contributed by atoms with E-state index in [0.717, 1.165) is 54.5 Å². The molecule has 3 aromatic rings. The molecule has 0 spiro atoms. The summed E-state index contributed by atoms with van der Waals surface area (Å²) >= 11 is 0. The molecule has 1 unspecified atom stereocenters. The highest BCUT2D eigenvalue weighted by atomic mass is 16.3.